The largest absolute Gasteiger partial charge is 0.309 e. The van der Waals surface area contributed by atoms with Crippen molar-refractivity contribution in [3.8, 4) is 45.8 Å². The minimum absolute atomic E-state index is 0.571. The van der Waals surface area contributed by atoms with Gasteiger partial charge in [0.25, 0.3) is 0 Å². The number of benzene rings is 7. The van der Waals surface area contributed by atoms with E-state index in [9.17, 15) is 10.5 Å². The second-order valence-electron chi connectivity index (χ2n) is 12.0. The predicted octanol–water partition coefficient (Wildman–Crippen LogP) is 11.0. The zero-order chi connectivity index (χ0) is 32.2. The van der Waals surface area contributed by atoms with Gasteiger partial charge in [0.2, 0.25) is 0 Å². The molecule has 0 aliphatic carbocycles. The summed E-state index contributed by atoms with van der Waals surface area (Å²) in [5.41, 5.74) is 11.1. The highest BCUT2D eigenvalue weighted by Crippen LogP contribution is 2.42. The molecular weight excluding hydrogens is 585 g/mol. The lowest BCUT2D eigenvalue weighted by Crippen LogP contribution is -2.00. The van der Waals surface area contributed by atoms with Gasteiger partial charge in [0.1, 0.15) is 0 Å². The smallest absolute Gasteiger partial charge is 0.0998 e. The Hall–Kier alpha value is -6.88. The molecule has 0 saturated heterocycles. The summed E-state index contributed by atoms with van der Waals surface area (Å²) in [6.07, 6.45) is 0. The van der Waals surface area contributed by atoms with Crippen LogP contribution in [0.25, 0.3) is 77.2 Å². The van der Waals surface area contributed by atoms with Crippen LogP contribution in [0.3, 0.4) is 0 Å². The standard InChI is InChI=1S/C44H26N4/c45-27-29-23-24-37(43(25-29)48-41-21-7-3-16-35(41)36-17-4-8-22-42(36)48)38-18-10-12-31(28-46)44(38)30-11-9-13-32(26-30)47-39-19-5-1-14-33(39)34-15-2-6-20-40(34)47/h1-26H. The van der Waals surface area contributed by atoms with Gasteiger partial charge in [0, 0.05) is 38.4 Å². The molecule has 0 bridgehead atoms. The van der Waals surface area contributed by atoms with Gasteiger partial charge < -0.3 is 9.13 Å². The molecule has 0 N–H and O–H groups in total. The molecule has 222 valence electrons. The van der Waals surface area contributed by atoms with Crippen molar-refractivity contribution >= 4 is 43.6 Å². The molecule has 4 heteroatoms. The van der Waals surface area contributed by atoms with E-state index in [1.165, 1.54) is 10.8 Å². The lowest BCUT2D eigenvalue weighted by molar-refractivity contribution is 1.18. The molecule has 7 aromatic carbocycles. The number of hydrogen-bond acceptors (Lipinski definition) is 2. The number of hydrogen-bond donors (Lipinski definition) is 0. The summed E-state index contributed by atoms with van der Waals surface area (Å²) in [4.78, 5) is 0. The van der Waals surface area contributed by atoms with Gasteiger partial charge in [0.05, 0.1) is 51.0 Å². The highest BCUT2D eigenvalue weighted by molar-refractivity contribution is 6.11. The zero-order valence-corrected chi connectivity index (χ0v) is 25.8. The Morgan fingerprint density at radius 3 is 1.52 bits per heavy atom. The van der Waals surface area contributed by atoms with Crippen LogP contribution in [0.1, 0.15) is 11.1 Å². The monoisotopic (exact) mass is 610 g/mol. The van der Waals surface area contributed by atoms with Crippen molar-refractivity contribution in [2.75, 3.05) is 0 Å². The maximum Gasteiger partial charge on any atom is 0.0998 e. The Bertz CT molecular complexity index is 2710. The van der Waals surface area contributed by atoms with Gasteiger partial charge in [-0.05, 0) is 65.7 Å². The van der Waals surface area contributed by atoms with Crippen LogP contribution < -0.4 is 0 Å². The first-order valence-corrected chi connectivity index (χ1v) is 15.9. The third-order valence-electron chi connectivity index (χ3n) is 9.40. The van der Waals surface area contributed by atoms with Crippen molar-refractivity contribution in [1.82, 2.24) is 9.13 Å². The first-order valence-electron chi connectivity index (χ1n) is 15.9. The molecule has 0 amide bonds. The zero-order valence-electron chi connectivity index (χ0n) is 25.8. The fourth-order valence-corrected chi connectivity index (χ4v) is 7.38. The lowest BCUT2D eigenvalue weighted by Gasteiger charge is -2.19. The predicted molar refractivity (Wildman–Crippen MR) is 195 cm³/mol. The highest BCUT2D eigenvalue weighted by atomic mass is 15.0. The van der Waals surface area contributed by atoms with E-state index in [1.807, 2.05) is 42.5 Å². The Kier molecular flexibility index (Phi) is 6.22. The van der Waals surface area contributed by atoms with E-state index >= 15 is 0 Å². The van der Waals surface area contributed by atoms with Gasteiger partial charge in [0.15, 0.2) is 0 Å². The van der Waals surface area contributed by atoms with Gasteiger partial charge in [-0.15, -0.1) is 0 Å². The van der Waals surface area contributed by atoms with Crippen molar-refractivity contribution < 1.29 is 0 Å². The van der Waals surface area contributed by atoms with E-state index in [0.717, 1.165) is 66.5 Å². The fourth-order valence-electron chi connectivity index (χ4n) is 7.38. The summed E-state index contributed by atoms with van der Waals surface area (Å²) in [6, 6.07) is 58.8. The average molecular weight is 611 g/mol. The summed E-state index contributed by atoms with van der Waals surface area (Å²) in [7, 11) is 0. The number of rotatable bonds is 4. The highest BCUT2D eigenvalue weighted by Gasteiger charge is 2.21. The van der Waals surface area contributed by atoms with Crippen molar-refractivity contribution in [2.24, 2.45) is 0 Å². The Morgan fingerprint density at radius 2 is 0.958 bits per heavy atom. The van der Waals surface area contributed by atoms with E-state index in [4.69, 9.17) is 0 Å². The molecule has 0 radical (unpaired) electrons. The molecule has 4 nitrogen and oxygen atoms in total. The maximum absolute atomic E-state index is 10.5. The quantitative estimate of drug-likeness (QED) is 0.199. The van der Waals surface area contributed by atoms with Gasteiger partial charge in [-0.1, -0.05) is 103 Å². The van der Waals surface area contributed by atoms with Crippen LogP contribution in [0.2, 0.25) is 0 Å². The third kappa shape index (κ3) is 4.07. The van der Waals surface area contributed by atoms with Crippen LogP contribution in [0.4, 0.5) is 0 Å². The van der Waals surface area contributed by atoms with Crippen LogP contribution in [0.15, 0.2) is 158 Å². The van der Waals surface area contributed by atoms with E-state index in [2.05, 4.69) is 137 Å². The first-order chi connectivity index (χ1) is 23.7. The molecule has 0 aliphatic rings. The lowest BCUT2D eigenvalue weighted by atomic mass is 9.89. The van der Waals surface area contributed by atoms with Crippen molar-refractivity contribution in [3.63, 3.8) is 0 Å². The molecular formula is C44H26N4. The molecule has 0 atom stereocenters. The molecule has 0 spiro atoms. The van der Waals surface area contributed by atoms with Crippen LogP contribution in [-0.2, 0) is 0 Å². The second kappa shape index (κ2) is 10.9. The van der Waals surface area contributed by atoms with Gasteiger partial charge >= 0.3 is 0 Å². The molecule has 0 saturated carbocycles. The normalized spacial score (nSPS) is 11.3. The number of fused-ring (bicyclic) bond motifs is 6. The third-order valence-corrected chi connectivity index (χ3v) is 9.40. The molecule has 9 aromatic rings. The van der Waals surface area contributed by atoms with Gasteiger partial charge in [-0.3, -0.25) is 0 Å². The average Bonchev–Trinajstić information content (AvgIpc) is 3.67. The van der Waals surface area contributed by atoms with E-state index in [0.29, 0.717) is 11.1 Å². The first kappa shape index (κ1) is 27.4. The number of para-hydroxylation sites is 4. The molecule has 48 heavy (non-hydrogen) atoms. The molecule has 0 fully saturated rings. The van der Waals surface area contributed by atoms with E-state index < -0.39 is 0 Å². The summed E-state index contributed by atoms with van der Waals surface area (Å²) >= 11 is 0. The summed E-state index contributed by atoms with van der Waals surface area (Å²) in [5, 5.41) is 25.2. The SMILES string of the molecule is N#Cc1ccc(-c2cccc(C#N)c2-c2cccc(-n3c4ccccc4c4ccccc43)c2)c(-n2c3ccccc3c3ccccc32)c1. The number of aromatic nitrogens is 2. The summed E-state index contributed by atoms with van der Waals surface area (Å²) < 4.78 is 4.55. The van der Waals surface area contributed by atoms with Crippen LogP contribution in [0, 0.1) is 22.7 Å². The van der Waals surface area contributed by atoms with Gasteiger partial charge in [-0.25, -0.2) is 0 Å². The Balaban J connectivity index is 1.32. The molecule has 0 aliphatic heterocycles. The maximum atomic E-state index is 10.5. The number of nitriles is 2. The van der Waals surface area contributed by atoms with E-state index in [-0.39, 0.29) is 0 Å². The van der Waals surface area contributed by atoms with Crippen molar-refractivity contribution in [1.29, 1.82) is 10.5 Å². The Morgan fingerprint density at radius 1 is 0.417 bits per heavy atom. The number of nitrogens with zero attached hydrogens (tertiary/aromatic N) is 4. The van der Waals surface area contributed by atoms with Crippen molar-refractivity contribution in [3.05, 3.63) is 169 Å². The van der Waals surface area contributed by atoms with Crippen LogP contribution in [0.5, 0.6) is 0 Å². The van der Waals surface area contributed by atoms with Gasteiger partial charge in [-0.2, -0.15) is 10.5 Å². The minimum atomic E-state index is 0.571. The Labute approximate surface area is 277 Å². The van der Waals surface area contributed by atoms with Crippen molar-refractivity contribution in [2.45, 2.75) is 0 Å². The van der Waals surface area contributed by atoms with Crippen LogP contribution >= 0.6 is 0 Å². The summed E-state index contributed by atoms with van der Waals surface area (Å²) in [5.74, 6) is 0. The molecule has 9 rings (SSSR count). The molecule has 2 heterocycles. The summed E-state index contributed by atoms with van der Waals surface area (Å²) in [6.45, 7) is 0. The van der Waals surface area contributed by atoms with E-state index in [1.54, 1.807) is 0 Å². The fraction of sp³-hybridized carbons (Fsp3) is 0. The molecule has 0 unspecified atom stereocenters. The second-order valence-corrected chi connectivity index (χ2v) is 12.0. The molecule has 2 aromatic heterocycles. The van der Waals surface area contributed by atoms with Crippen LogP contribution in [-0.4, -0.2) is 9.13 Å². The minimum Gasteiger partial charge on any atom is -0.309 e. The topological polar surface area (TPSA) is 57.4 Å².